The van der Waals surface area contributed by atoms with E-state index in [-0.39, 0.29) is 0 Å². The summed E-state index contributed by atoms with van der Waals surface area (Å²) in [5, 5.41) is 8.48. The molecule has 2 rings (SSSR count). The number of nitrogens with one attached hydrogen (secondary N) is 2. The van der Waals surface area contributed by atoms with Crippen LogP contribution in [0.5, 0.6) is 0 Å². The van der Waals surface area contributed by atoms with Crippen molar-refractivity contribution in [3.63, 3.8) is 0 Å². The summed E-state index contributed by atoms with van der Waals surface area (Å²) in [6.07, 6.45) is 4.97. The second kappa shape index (κ2) is 7.37. The van der Waals surface area contributed by atoms with E-state index >= 15 is 0 Å². The van der Waals surface area contributed by atoms with Crippen LogP contribution in [0.25, 0.3) is 0 Å². The zero-order valence-corrected chi connectivity index (χ0v) is 12.9. The maximum atomic E-state index is 6.05. The molecule has 1 fully saturated rings. The van der Waals surface area contributed by atoms with Crippen molar-refractivity contribution in [2.24, 2.45) is 5.92 Å². The van der Waals surface area contributed by atoms with Crippen molar-refractivity contribution >= 4 is 28.9 Å². The van der Waals surface area contributed by atoms with Gasteiger partial charge in [-0.15, -0.1) is 0 Å². The normalized spacial score (nSPS) is 23.3. The lowest BCUT2D eigenvalue weighted by Gasteiger charge is -2.33. The molecular formula is C15H22Cl2N2. The molecular weight excluding hydrogens is 279 g/mol. The van der Waals surface area contributed by atoms with Gasteiger partial charge in [-0.2, -0.15) is 0 Å². The van der Waals surface area contributed by atoms with Crippen LogP contribution in [0.3, 0.4) is 0 Å². The molecule has 2 N–H and O–H groups in total. The van der Waals surface area contributed by atoms with Crippen LogP contribution in [-0.4, -0.2) is 19.1 Å². The van der Waals surface area contributed by atoms with E-state index in [1.54, 1.807) is 6.07 Å². The lowest BCUT2D eigenvalue weighted by atomic mass is 9.88. The number of anilines is 1. The van der Waals surface area contributed by atoms with Crippen LogP contribution in [0.2, 0.25) is 10.0 Å². The molecule has 0 aromatic heterocycles. The molecule has 0 spiro atoms. The van der Waals surface area contributed by atoms with Crippen LogP contribution in [0.15, 0.2) is 18.2 Å². The highest BCUT2D eigenvalue weighted by molar-refractivity contribution is 6.35. The van der Waals surface area contributed by atoms with E-state index in [4.69, 9.17) is 23.2 Å². The largest absolute Gasteiger partial charge is 0.382 e. The second-order valence-corrected chi connectivity index (χ2v) is 6.18. The number of hydrogen-bond donors (Lipinski definition) is 2. The first kappa shape index (κ1) is 15.0. The van der Waals surface area contributed by atoms with Gasteiger partial charge in [0.25, 0.3) is 0 Å². The van der Waals surface area contributed by atoms with E-state index < -0.39 is 0 Å². The third kappa shape index (κ3) is 4.55. The van der Waals surface area contributed by atoms with E-state index in [0.717, 1.165) is 25.2 Å². The minimum Gasteiger partial charge on any atom is -0.382 e. The topological polar surface area (TPSA) is 24.1 Å². The Balaban J connectivity index is 2.01. The molecule has 1 aromatic carbocycles. The van der Waals surface area contributed by atoms with Gasteiger partial charge in [0.2, 0.25) is 0 Å². The Labute approximate surface area is 125 Å². The van der Waals surface area contributed by atoms with Gasteiger partial charge in [-0.25, -0.2) is 0 Å². The summed E-state index contributed by atoms with van der Waals surface area (Å²) in [6.45, 7) is 4.43. The molecule has 2 nitrogen and oxygen atoms in total. The standard InChI is InChI=1S/C15H22Cl2N2/c1-2-3-4-11-10-18-6-5-15(11)19-14-8-12(16)7-13(17)9-14/h7-9,11,15,18-19H,2-6,10H2,1H3. The third-order valence-electron chi connectivity index (χ3n) is 3.75. The number of hydrogen-bond acceptors (Lipinski definition) is 2. The number of rotatable bonds is 5. The van der Waals surface area contributed by atoms with Crippen molar-refractivity contribution in [3.05, 3.63) is 28.2 Å². The molecule has 4 heteroatoms. The van der Waals surface area contributed by atoms with Crippen molar-refractivity contribution < 1.29 is 0 Å². The Hall–Kier alpha value is -0.440. The molecule has 2 unspecified atom stereocenters. The maximum absolute atomic E-state index is 6.05. The van der Waals surface area contributed by atoms with Gasteiger partial charge in [-0.1, -0.05) is 43.0 Å². The van der Waals surface area contributed by atoms with E-state index in [0.29, 0.717) is 22.0 Å². The van der Waals surface area contributed by atoms with Gasteiger partial charge < -0.3 is 10.6 Å². The lowest BCUT2D eigenvalue weighted by Crippen LogP contribution is -2.43. The van der Waals surface area contributed by atoms with Crippen LogP contribution < -0.4 is 10.6 Å². The van der Waals surface area contributed by atoms with Crippen LogP contribution in [0.1, 0.15) is 32.6 Å². The van der Waals surface area contributed by atoms with Gasteiger partial charge in [0.05, 0.1) is 0 Å². The van der Waals surface area contributed by atoms with Crippen molar-refractivity contribution in [2.75, 3.05) is 18.4 Å². The van der Waals surface area contributed by atoms with Gasteiger partial charge >= 0.3 is 0 Å². The molecule has 1 heterocycles. The molecule has 0 bridgehead atoms. The lowest BCUT2D eigenvalue weighted by molar-refractivity contribution is 0.319. The number of halogens is 2. The maximum Gasteiger partial charge on any atom is 0.0441 e. The van der Waals surface area contributed by atoms with Crippen LogP contribution >= 0.6 is 23.2 Å². The average molecular weight is 301 g/mol. The SMILES string of the molecule is CCCCC1CNCCC1Nc1cc(Cl)cc(Cl)c1. The Kier molecular flexibility index (Phi) is 5.80. The van der Waals surface area contributed by atoms with Crippen LogP contribution in [-0.2, 0) is 0 Å². The molecule has 0 amide bonds. The molecule has 1 aliphatic rings. The summed E-state index contributed by atoms with van der Waals surface area (Å²) < 4.78 is 0. The molecule has 1 saturated heterocycles. The highest BCUT2D eigenvalue weighted by Crippen LogP contribution is 2.26. The Morgan fingerprint density at radius 1 is 1.26 bits per heavy atom. The summed E-state index contributed by atoms with van der Waals surface area (Å²) >= 11 is 12.1. The first-order chi connectivity index (χ1) is 9.19. The minimum atomic E-state index is 0.516. The van der Waals surface area contributed by atoms with Gasteiger partial charge in [0, 0.05) is 21.8 Å². The first-order valence-corrected chi connectivity index (χ1v) is 7.88. The fraction of sp³-hybridized carbons (Fsp3) is 0.600. The van der Waals surface area contributed by atoms with E-state index in [2.05, 4.69) is 17.6 Å². The molecule has 2 atom stereocenters. The molecule has 0 saturated carbocycles. The summed E-state index contributed by atoms with van der Waals surface area (Å²) in [4.78, 5) is 0. The van der Waals surface area contributed by atoms with Gasteiger partial charge in [0.1, 0.15) is 0 Å². The zero-order valence-electron chi connectivity index (χ0n) is 11.4. The van der Waals surface area contributed by atoms with Crippen LogP contribution in [0, 0.1) is 5.92 Å². The van der Waals surface area contributed by atoms with Crippen LogP contribution in [0.4, 0.5) is 5.69 Å². The van der Waals surface area contributed by atoms with E-state index in [9.17, 15) is 0 Å². The van der Waals surface area contributed by atoms with Crippen molar-refractivity contribution in [2.45, 2.75) is 38.6 Å². The summed E-state index contributed by atoms with van der Waals surface area (Å²) in [5.41, 5.74) is 1.03. The van der Waals surface area contributed by atoms with E-state index in [1.165, 1.54) is 19.3 Å². The predicted octanol–water partition coefficient (Wildman–Crippen LogP) is 4.57. The summed E-state index contributed by atoms with van der Waals surface area (Å²) in [5.74, 6) is 0.687. The Bertz CT molecular complexity index is 389. The highest BCUT2D eigenvalue weighted by Gasteiger charge is 2.24. The zero-order chi connectivity index (χ0) is 13.7. The number of unbranched alkanes of at least 4 members (excludes halogenated alkanes) is 1. The molecule has 0 aliphatic carbocycles. The smallest absolute Gasteiger partial charge is 0.0441 e. The van der Waals surface area contributed by atoms with Gasteiger partial charge in [-0.3, -0.25) is 0 Å². The van der Waals surface area contributed by atoms with Crippen molar-refractivity contribution in [3.8, 4) is 0 Å². The predicted molar refractivity (Wildman–Crippen MR) is 84.4 cm³/mol. The Morgan fingerprint density at radius 2 is 2.00 bits per heavy atom. The third-order valence-corrected chi connectivity index (χ3v) is 4.19. The first-order valence-electron chi connectivity index (χ1n) is 7.12. The van der Waals surface area contributed by atoms with Crippen molar-refractivity contribution in [1.29, 1.82) is 0 Å². The number of benzene rings is 1. The molecule has 1 aliphatic heterocycles. The highest BCUT2D eigenvalue weighted by atomic mass is 35.5. The number of piperidine rings is 1. The molecule has 106 valence electrons. The molecule has 19 heavy (non-hydrogen) atoms. The summed E-state index contributed by atoms with van der Waals surface area (Å²) in [7, 11) is 0. The monoisotopic (exact) mass is 300 g/mol. The van der Waals surface area contributed by atoms with E-state index in [1.807, 2.05) is 12.1 Å². The van der Waals surface area contributed by atoms with Crippen molar-refractivity contribution in [1.82, 2.24) is 5.32 Å². The Morgan fingerprint density at radius 3 is 2.68 bits per heavy atom. The quantitative estimate of drug-likeness (QED) is 0.832. The average Bonchev–Trinajstić information content (AvgIpc) is 2.36. The van der Waals surface area contributed by atoms with Gasteiger partial charge in [-0.05, 0) is 50.0 Å². The van der Waals surface area contributed by atoms with Gasteiger partial charge in [0.15, 0.2) is 0 Å². The fourth-order valence-electron chi connectivity index (χ4n) is 2.73. The second-order valence-electron chi connectivity index (χ2n) is 5.30. The molecule has 1 aromatic rings. The minimum absolute atomic E-state index is 0.516. The molecule has 0 radical (unpaired) electrons. The fourth-order valence-corrected chi connectivity index (χ4v) is 3.26. The summed E-state index contributed by atoms with van der Waals surface area (Å²) in [6, 6.07) is 6.19.